The number of thioether (sulfide) groups is 1. The van der Waals surface area contributed by atoms with Crippen LogP contribution in [0.1, 0.15) is 38.1 Å². The topological polar surface area (TPSA) is 75.7 Å². The van der Waals surface area contributed by atoms with Crippen molar-refractivity contribution in [3.05, 3.63) is 47.2 Å². The summed E-state index contributed by atoms with van der Waals surface area (Å²) in [7, 11) is 0. The third-order valence-corrected chi connectivity index (χ3v) is 5.51. The van der Waals surface area contributed by atoms with Crippen LogP contribution in [0.15, 0.2) is 41.6 Å². The second kappa shape index (κ2) is 6.79. The number of ether oxygens (including phenoxy) is 1. The van der Waals surface area contributed by atoms with Crippen molar-refractivity contribution in [3.63, 3.8) is 0 Å². The van der Waals surface area contributed by atoms with Crippen molar-refractivity contribution in [2.24, 2.45) is 0 Å². The fourth-order valence-electron chi connectivity index (χ4n) is 2.95. The van der Waals surface area contributed by atoms with Crippen LogP contribution in [0.25, 0.3) is 0 Å². The van der Waals surface area contributed by atoms with Gasteiger partial charge >= 0.3 is 6.09 Å². The lowest BCUT2D eigenvalue weighted by Crippen LogP contribution is -2.70. The molecule has 0 aliphatic carbocycles. The van der Waals surface area contributed by atoms with Crippen molar-refractivity contribution in [1.82, 2.24) is 10.2 Å². The minimum absolute atomic E-state index is 0.169. The van der Waals surface area contributed by atoms with Gasteiger partial charge in [0.15, 0.2) is 0 Å². The number of carbonyl (C=O) groups excluding carboxylic acids is 3. The van der Waals surface area contributed by atoms with Gasteiger partial charge in [-0.1, -0.05) is 30.3 Å². The van der Waals surface area contributed by atoms with Crippen LogP contribution in [0, 0.1) is 0 Å². The molecule has 2 aliphatic heterocycles. The van der Waals surface area contributed by atoms with E-state index in [1.807, 2.05) is 13.0 Å². The van der Waals surface area contributed by atoms with Crippen LogP contribution in [-0.4, -0.2) is 45.5 Å². The van der Waals surface area contributed by atoms with Crippen molar-refractivity contribution in [1.29, 1.82) is 0 Å². The van der Waals surface area contributed by atoms with Gasteiger partial charge < -0.3 is 10.1 Å². The first-order chi connectivity index (χ1) is 12.2. The van der Waals surface area contributed by atoms with Crippen molar-refractivity contribution in [2.45, 2.75) is 44.7 Å². The molecule has 3 rings (SSSR count). The molecule has 26 heavy (non-hydrogen) atoms. The number of benzene rings is 1. The number of alkyl carbamates (subject to hydrolysis) is 1. The molecule has 7 heteroatoms. The summed E-state index contributed by atoms with van der Waals surface area (Å²) in [5, 5.41) is 2.34. The van der Waals surface area contributed by atoms with Crippen LogP contribution in [0.2, 0.25) is 0 Å². The van der Waals surface area contributed by atoms with Gasteiger partial charge in [0, 0.05) is 11.3 Å². The lowest BCUT2D eigenvalue weighted by molar-refractivity contribution is -0.142. The quantitative estimate of drug-likeness (QED) is 0.650. The van der Waals surface area contributed by atoms with Crippen molar-refractivity contribution >= 4 is 29.5 Å². The molecule has 1 aromatic carbocycles. The van der Waals surface area contributed by atoms with Gasteiger partial charge in [-0.25, -0.2) is 4.79 Å². The Labute approximate surface area is 157 Å². The highest BCUT2D eigenvalue weighted by Gasteiger charge is 2.53. The fraction of sp³-hybridized carbons (Fsp3) is 0.421. The number of allylic oxidation sites excluding steroid dienone is 1. The zero-order chi connectivity index (χ0) is 19.1. The van der Waals surface area contributed by atoms with E-state index in [1.165, 1.54) is 16.7 Å². The first-order valence-electron chi connectivity index (χ1n) is 8.43. The molecule has 2 atom stereocenters. The van der Waals surface area contributed by atoms with Crippen molar-refractivity contribution < 1.29 is 19.1 Å². The molecule has 6 nitrogen and oxygen atoms in total. The van der Waals surface area contributed by atoms with Gasteiger partial charge in [-0.05, 0) is 33.3 Å². The Hall–Kier alpha value is -2.28. The molecule has 1 aromatic rings. The highest BCUT2D eigenvalue weighted by Crippen LogP contribution is 2.41. The largest absolute Gasteiger partial charge is 0.444 e. The zero-order valence-corrected chi connectivity index (χ0v) is 16.1. The third-order valence-electron chi connectivity index (χ3n) is 4.08. The normalized spacial score (nSPS) is 22.5. The standard InChI is InChI=1S/C19H22N2O4S/c1-11-10-26-17-13(20-18(24)25-19(2,3)4)16(23)21(17)14(11)15(22)12-8-6-5-7-9-12/h5-9,13,17H,10H2,1-4H3,(H,20,24)/t13-,17-/m1/s1. The molecule has 0 bridgehead atoms. The van der Waals surface area contributed by atoms with Crippen LogP contribution in [0.3, 0.4) is 0 Å². The van der Waals surface area contributed by atoms with E-state index in [1.54, 1.807) is 45.0 Å². The molecule has 0 radical (unpaired) electrons. The maximum Gasteiger partial charge on any atom is 0.408 e. The van der Waals surface area contributed by atoms with Gasteiger partial charge in [0.05, 0.1) is 5.70 Å². The molecular weight excluding hydrogens is 352 g/mol. The van der Waals surface area contributed by atoms with E-state index in [2.05, 4.69) is 5.32 Å². The Bertz CT molecular complexity index is 782. The van der Waals surface area contributed by atoms with E-state index >= 15 is 0 Å². The Morgan fingerprint density at radius 2 is 1.88 bits per heavy atom. The van der Waals surface area contributed by atoms with E-state index < -0.39 is 17.7 Å². The molecule has 1 saturated heterocycles. The molecule has 138 valence electrons. The molecule has 2 heterocycles. The van der Waals surface area contributed by atoms with Gasteiger partial charge in [0.1, 0.15) is 17.0 Å². The van der Waals surface area contributed by atoms with Crippen LogP contribution >= 0.6 is 11.8 Å². The molecule has 0 unspecified atom stereocenters. The summed E-state index contributed by atoms with van der Waals surface area (Å²) in [6.45, 7) is 7.15. The van der Waals surface area contributed by atoms with Crippen LogP contribution in [-0.2, 0) is 9.53 Å². The molecule has 1 N–H and O–H groups in total. The average molecular weight is 374 g/mol. The number of nitrogens with one attached hydrogen (secondary N) is 1. The number of rotatable bonds is 3. The zero-order valence-electron chi connectivity index (χ0n) is 15.2. The first-order valence-corrected chi connectivity index (χ1v) is 9.47. The van der Waals surface area contributed by atoms with Gasteiger partial charge in [-0.2, -0.15) is 0 Å². The molecule has 2 amide bonds. The van der Waals surface area contributed by atoms with E-state index in [4.69, 9.17) is 4.74 Å². The van der Waals surface area contributed by atoms with Crippen LogP contribution in [0.5, 0.6) is 0 Å². The van der Waals surface area contributed by atoms with Crippen LogP contribution in [0.4, 0.5) is 4.79 Å². The molecule has 2 aliphatic rings. The average Bonchev–Trinajstić information content (AvgIpc) is 2.58. The lowest BCUT2D eigenvalue weighted by atomic mass is 9.98. The third kappa shape index (κ3) is 3.49. The monoisotopic (exact) mass is 374 g/mol. The number of hydrogen-bond donors (Lipinski definition) is 1. The Balaban J connectivity index is 1.77. The number of fused-ring (bicyclic) bond motifs is 1. The highest BCUT2D eigenvalue weighted by atomic mass is 32.2. The second-order valence-electron chi connectivity index (χ2n) is 7.36. The van der Waals surface area contributed by atoms with Crippen LogP contribution < -0.4 is 5.32 Å². The van der Waals surface area contributed by atoms with Gasteiger partial charge in [-0.15, -0.1) is 11.8 Å². The number of ketones is 1. The number of Topliss-reactive ketones (excluding diaryl/α,β-unsaturated/α-hetero) is 1. The summed E-state index contributed by atoms with van der Waals surface area (Å²) in [6, 6.07) is 8.22. The summed E-state index contributed by atoms with van der Waals surface area (Å²) >= 11 is 1.53. The minimum Gasteiger partial charge on any atom is -0.444 e. The van der Waals surface area contributed by atoms with Crippen molar-refractivity contribution in [2.75, 3.05) is 5.75 Å². The SMILES string of the molecule is CC1=C(C(=O)c2ccccc2)N2C(=O)[C@@H](NC(=O)OC(C)(C)C)[C@H]2SC1. The minimum atomic E-state index is -0.679. The van der Waals surface area contributed by atoms with E-state index in [-0.39, 0.29) is 17.1 Å². The second-order valence-corrected chi connectivity index (χ2v) is 8.46. The maximum absolute atomic E-state index is 12.9. The predicted octanol–water partition coefficient (Wildman–Crippen LogP) is 2.95. The van der Waals surface area contributed by atoms with Gasteiger partial charge in [-0.3, -0.25) is 14.5 Å². The molecule has 1 fully saturated rings. The van der Waals surface area contributed by atoms with E-state index in [0.29, 0.717) is 17.0 Å². The number of nitrogens with zero attached hydrogens (tertiary/aromatic N) is 1. The summed E-state index contributed by atoms with van der Waals surface area (Å²) in [5.41, 5.74) is 1.20. The fourth-order valence-corrected chi connectivity index (χ4v) is 4.25. The van der Waals surface area contributed by atoms with E-state index in [9.17, 15) is 14.4 Å². The Morgan fingerprint density at radius 1 is 1.23 bits per heavy atom. The van der Waals surface area contributed by atoms with Gasteiger partial charge in [0.25, 0.3) is 5.91 Å². The van der Waals surface area contributed by atoms with Crippen molar-refractivity contribution in [3.8, 4) is 0 Å². The highest BCUT2D eigenvalue weighted by molar-refractivity contribution is 8.00. The molecular formula is C19H22N2O4S. The van der Waals surface area contributed by atoms with Gasteiger partial charge in [0.2, 0.25) is 5.78 Å². The lowest BCUT2D eigenvalue weighted by Gasteiger charge is -2.49. The number of hydrogen-bond acceptors (Lipinski definition) is 5. The summed E-state index contributed by atoms with van der Waals surface area (Å²) < 4.78 is 5.23. The van der Waals surface area contributed by atoms with E-state index in [0.717, 1.165) is 5.57 Å². The predicted molar refractivity (Wildman–Crippen MR) is 99.7 cm³/mol. The molecule has 0 spiro atoms. The smallest absolute Gasteiger partial charge is 0.408 e. The molecule has 0 saturated carbocycles. The Morgan fingerprint density at radius 3 is 2.50 bits per heavy atom. The first kappa shape index (κ1) is 18.5. The number of carbonyl (C=O) groups is 3. The summed E-state index contributed by atoms with van der Waals surface area (Å²) in [4.78, 5) is 39.0. The maximum atomic E-state index is 12.9. The number of β-lactam (4-membered cyclic amide) rings is 1. The number of amides is 2. The summed E-state index contributed by atoms with van der Waals surface area (Å²) in [6.07, 6.45) is -0.627. The summed E-state index contributed by atoms with van der Waals surface area (Å²) in [5.74, 6) is 0.179. The Kier molecular flexibility index (Phi) is 4.84. The molecule has 0 aromatic heterocycles.